The molecule has 9 heteroatoms. The summed E-state index contributed by atoms with van der Waals surface area (Å²) in [5.74, 6) is 1.41. The lowest BCUT2D eigenvalue weighted by atomic mass is 9.84. The number of nitrogens with one attached hydrogen (secondary N) is 1. The molecule has 9 nitrogen and oxygen atoms in total. The van der Waals surface area contributed by atoms with Crippen LogP contribution in [0.25, 0.3) is 0 Å². The molecule has 2 N–H and O–H groups in total. The molecule has 4 rings (SSSR count). The third-order valence-corrected chi connectivity index (χ3v) is 8.97. The number of aromatic nitrogens is 4. The Hall–Kier alpha value is -1.13. The average Bonchev–Trinajstić information content (AvgIpc) is 3.58. The van der Waals surface area contributed by atoms with Crippen molar-refractivity contribution < 1.29 is 24.1 Å². The van der Waals surface area contributed by atoms with Crippen LogP contribution in [-0.2, 0) is 25.4 Å². The maximum atomic E-state index is 11.2. The van der Waals surface area contributed by atoms with Crippen LogP contribution in [0.1, 0.15) is 128 Å². The van der Waals surface area contributed by atoms with Crippen molar-refractivity contribution in [3.8, 4) is 0 Å². The molecule has 3 heterocycles. The Morgan fingerprint density at radius 1 is 0.897 bits per heavy atom. The Labute approximate surface area is 235 Å². The zero-order valence-corrected chi connectivity index (χ0v) is 24.3. The summed E-state index contributed by atoms with van der Waals surface area (Å²) >= 11 is 0. The fraction of sp³-hybridized carbons (Fsp3) is 0.967. The number of unbranched alkanes of at least 4 members (excludes halogenated alkanes) is 5. The maximum Gasteiger partial charge on any atom is 0.174 e. The average molecular weight is 551 g/mol. The quantitative estimate of drug-likeness (QED) is 0.218. The van der Waals surface area contributed by atoms with E-state index in [9.17, 15) is 5.11 Å². The van der Waals surface area contributed by atoms with Crippen molar-refractivity contribution in [3.05, 3.63) is 5.82 Å². The molecule has 0 spiro atoms. The Morgan fingerprint density at radius 3 is 2.41 bits per heavy atom. The van der Waals surface area contributed by atoms with E-state index in [4.69, 9.17) is 18.9 Å². The highest BCUT2D eigenvalue weighted by atomic mass is 16.7. The van der Waals surface area contributed by atoms with Gasteiger partial charge in [-0.15, -0.1) is 10.2 Å². The molecule has 7 unspecified atom stereocenters. The van der Waals surface area contributed by atoms with Crippen LogP contribution in [0.4, 0.5) is 0 Å². The number of aliphatic hydroxyl groups is 1. The van der Waals surface area contributed by atoms with Crippen molar-refractivity contribution in [3.63, 3.8) is 0 Å². The van der Waals surface area contributed by atoms with Gasteiger partial charge in [0.05, 0.1) is 18.3 Å². The van der Waals surface area contributed by atoms with Crippen LogP contribution in [0.5, 0.6) is 0 Å². The molecule has 3 aliphatic rings. The second-order valence-electron chi connectivity index (χ2n) is 12.0. The van der Waals surface area contributed by atoms with E-state index in [0.717, 1.165) is 115 Å². The van der Waals surface area contributed by atoms with Crippen LogP contribution in [0.15, 0.2) is 0 Å². The topological polar surface area (TPSA) is 112 Å². The molecule has 39 heavy (non-hydrogen) atoms. The van der Waals surface area contributed by atoms with Gasteiger partial charge in [-0.1, -0.05) is 50.7 Å². The van der Waals surface area contributed by atoms with Gasteiger partial charge in [-0.3, -0.25) is 0 Å². The highest BCUT2D eigenvalue weighted by molar-refractivity contribution is 4.93. The molecule has 0 radical (unpaired) electrons. The van der Waals surface area contributed by atoms with Crippen LogP contribution >= 0.6 is 0 Å². The number of nitrogens with zero attached hydrogens (tertiary/aromatic N) is 3. The highest BCUT2D eigenvalue weighted by Crippen LogP contribution is 2.42. The third kappa shape index (κ3) is 10.7. The summed E-state index contributed by atoms with van der Waals surface area (Å²) in [5.41, 5.74) is 0. The second kappa shape index (κ2) is 17.6. The van der Waals surface area contributed by atoms with E-state index in [0.29, 0.717) is 5.92 Å². The normalized spacial score (nSPS) is 30.5. The number of aromatic amines is 1. The number of hydrogen-bond donors (Lipinski definition) is 2. The van der Waals surface area contributed by atoms with Crippen molar-refractivity contribution >= 4 is 0 Å². The lowest BCUT2D eigenvalue weighted by Gasteiger charge is -2.32. The summed E-state index contributed by atoms with van der Waals surface area (Å²) in [6.45, 7) is 3.85. The summed E-state index contributed by atoms with van der Waals surface area (Å²) in [6, 6.07) is 0. The van der Waals surface area contributed by atoms with Crippen LogP contribution in [0.3, 0.4) is 0 Å². The zero-order chi connectivity index (χ0) is 27.1. The molecule has 3 fully saturated rings. The number of ether oxygens (including phenoxy) is 4. The van der Waals surface area contributed by atoms with Gasteiger partial charge in [0, 0.05) is 26.1 Å². The molecular weight excluding hydrogens is 496 g/mol. The minimum Gasteiger partial charge on any atom is -0.393 e. The summed E-state index contributed by atoms with van der Waals surface area (Å²) in [7, 11) is 0. The Balaban J connectivity index is 1.30. The van der Waals surface area contributed by atoms with Crippen LogP contribution in [0.2, 0.25) is 0 Å². The third-order valence-electron chi connectivity index (χ3n) is 8.97. The fourth-order valence-corrected chi connectivity index (χ4v) is 6.74. The first-order chi connectivity index (χ1) is 19.2. The first-order valence-corrected chi connectivity index (χ1v) is 16.2. The Bertz CT molecular complexity index is 742. The number of tetrazole rings is 1. The van der Waals surface area contributed by atoms with E-state index in [2.05, 4.69) is 27.5 Å². The molecule has 0 amide bonds. The molecule has 1 aromatic rings. The molecule has 0 bridgehead atoms. The van der Waals surface area contributed by atoms with Crippen LogP contribution in [0, 0.1) is 11.8 Å². The van der Waals surface area contributed by atoms with E-state index in [1.807, 2.05) is 0 Å². The summed E-state index contributed by atoms with van der Waals surface area (Å²) in [4.78, 5) is 0. The highest BCUT2D eigenvalue weighted by Gasteiger charge is 2.43. The van der Waals surface area contributed by atoms with Gasteiger partial charge < -0.3 is 24.1 Å². The Kier molecular flexibility index (Phi) is 13.9. The molecule has 2 saturated heterocycles. The number of rotatable bonds is 18. The van der Waals surface area contributed by atoms with Crippen molar-refractivity contribution in [1.82, 2.24) is 20.6 Å². The lowest BCUT2D eigenvalue weighted by Crippen LogP contribution is -2.33. The first-order valence-electron chi connectivity index (χ1n) is 16.2. The second-order valence-corrected chi connectivity index (χ2v) is 12.0. The van der Waals surface area contributed by atoms with Gasteiger partial charge >= 0.3 is 0 Å². The van der Waals surface area contributed by atoms with Crippen molar-refractivity contribution in [2.45, 2.75) is 160 Å². The van der Waals surface area contributed by atoms with Gasteiger partial charge in [0.15, 0.2) is 18.4 Å². The molecule has 2 aliphatic heterocycles. The van der Waals surface area contributed by atoms with E-state index >= 15 is 0 Å². The minimum atomic E-state index is -0.302. The van der Waals surface area contributed by atoms with Gasteiger partial charge in [-0.2, -0.15) is 5.21 Å². The summed E-state index contributed by atoms with van der Waals surface area (Å²) in [6.07, 6.45) is 20.3. The molecule has 0 aromatic carbocycles. The van der Waals surface area contributed by atoms with Crippen molar-refractivity contribution in [2.75, 3.05) is 13.2 Å². The smallest absolute Gasteiger partial charge is 0.174 e. The molecular formula is C30H54N4O5. The largest absolute Gasteiger partial charge is 0.393 e. The standard InChI is InChI=1S/C30H54N4O5/c1-2-3-6-13-23(38-29-16-9-11-20-36-29)18-19-25-24(14-7-4-5-8-15-28-31-33-34-32-28)26(35)22-27(25)39-30-17-10-12-21-37-30/h23-27,29-30,35H,2-22H2,1H3,(H,31,32,33,34). The molecule has 7 atom stereocenters. The predicted molar refractivity (Wildman–Crippen MR) is 149 cm³/mol. The van der Waals surface area contributed by atoms with Crippen molar-refractivity contribution in [2.24, 2.45) is 11.8 Å². The molecule has 1 saturated carbocycles. The van der Waals surface area contributed by atoms with Gasteiger partial charge in [0.25, 0.3) is 0 Å². The summed E-state index contributed by atoms with van der Waals surface area (Å²) in [5, 5.41) is 25.4. The van der Waals surface area contributed by atoms with Gasteiger partial charge in [0.2, 0.25) is 0 Å². The van der Waals surface area contributed by atoms with Gasteiger partial charge in [-0.05, 0) is 82.5 Å². The van der Waals surface area contributed by atoms with Gasteiger partial charge in [-0.25, -0.2) is 0 Å². The van der Waals surface area contributed by atoms with Crippen LogP contribution < -0.4 is 0 Å². The number of aryl methyl sites for hydroxylation is 1. The monoisotopic (exact) mass is 550 g/mol. The number of H-pyrrole nitrogens is 1. The van der Waals surface area contributed by atoms with Crippen molar-refractivity contribution in [1.29, 1.82) is 0 Å². The SMILES string of the molecule is CCCCCC(CCC1C(OC2CCCCO2)CC(O)C1CCCCCCc1nn[nH]n1)OC1CCCCO1. The van der Waals surface area contributed by atoms with Crippen LogP contribution in [-0.4, -0.2) is 69.8 Å². The molecule has 1 aliphatic carbocycles. The number of aliphatic hydroxyl groups excluding tert-OH is 1. The molecule has 1 aromatic heterocycles. The van der Waals surface area contributed by atoms with E-state index in [-0.39, 0.29) is 36.8 Å². The predicted octanol–water partition coefficient (Wildman–Crippen LogP) is 5.87. The number of hydrogen-bond acceptors (Lipinski definition) is 8. The lowest BCUT2D eigenvalue weighted by molar-refractivity contribution is -0.200. The van der Waals surface area contributed by atoms with E-state index < -0.39 is 0 Å². The van der Waals surface area contributed by atoms with E-state index in [1.54, 1.807) is 0 Å². The Morgan fingerprint density at radius 2 is 1.69 bits per heavy atom. The first kappa shape index (κ1) is 30.8. The molecule has 224 valence electrons. The zero-order valence-electron chi connectivity index (χ0n) is 24.3. The van der Waals surface area contributed by atoms with Gasteiger partial charge in [0.1, 0.15) is 0 Å². The fourth-order valence-electron chi connectivity index (χ4n) is 6.74. The van der Waals surface area contributed by atoms with E-state index in [1.165, 1.54) is 25.7 Å². The summed E-state index contributed by atoms with van der Waals surface area (Å²) < 4.78 is 25.0. The maximum absolute atomic E-state index is 11.2. The minimum absolute atomic E-state index is 0.0505.